The Bertz CT molecular complexity index is 1300. The Morgan fingerprint density at radius 2 is 2.00 bits per heavy atom. The maximum atomic E-state index is 14.0. The zero-order valence-corrected chi connectivity index (χ0v) is 20.4. The number of hydrogen-bond acceptors (Lipinski definition) is 6. The van der Waals surface area contributed by atoms with Gasteiger partial charge >= 0.3 is 6.03 Å². The quantitative estimate of drug-likeness (QED) is 0.342. The minimum absolute atomic E-state index is 0.236. The van der Waals surface area contributed by atoms with Gasteiger partial charge < -0.3 is 25.4 Å². The lowest BCUT2D eigenvalue weighted by Crippen LogP contribution is -2.40. The monoisotopic (exact) mass is 488 g/mol. The lowest BCUT2D eigenvalue weighted by Gasteiger charge is -2.19. The third-order valence-electron chi connectivity index (χ3n) is 4.68. The van der Waals surface area contributed by atoms with Crippen LogP contribution in [0.3, 0.4) is 0 Å². The number of halogens is 1. The third-order valence-corrected chi connectivity index (χ3v) is 5.35. The SMILES string of the molecule is C=S(C)(=O)Nc1cc(C)c2c(Nc3ccc(F)cc3OC(C)CNC(=O)NCC)ncnc2c1. The second-order valence-corrected chi connectivity index (χ2v) is 10.2. The Morgan fingerprint density at radius 1 is 1.24 bits per heavy atom. The lowest BCUT2D eigenvalue weighted by molar-refractivity contribution is 0.208. The van der Waals surface area contributed by atoms with Crippen LogP contribution in [0.25, 0.3) is 10.9 Å². The summed E-state index contributed by atoms with van der Waals surface area (Å²) in [6.45, 7) is 6.23. The predicted molar refractivity (Wildman–Crippen MR) is 136 cm³/mol. The van der Waals surface area contributed by atoms with Crippen LogP contribution >= 0.6 is 0 Å². The molecule has 3 rings (SSSR count). The van der Waals surface area contributed by atoms with Crippen LogP contribution in [0.5, 0.6) is 5.75 Å². The van der Waals surface area contributed by atoms with Gasteiger partial charge in [-0.1, -0.05) is 0 Å². The average Bonchev–Trinajstić information content (AvgIpc) is 2.73. The molecule has 0 bridgehead atoms. The van der Waals surface area contributed by atoms with E-state index in [-0.39, 0.29) is 18.3 Å². The number of carbonyl (C=O) groups is 1. The topological polar surface area (TPSA) is 117 Å². The van der Waals surface area contributed by atoms with Gasteiger partial charge in [0.05, 0.1) is 17.7 Å². The molecule has 2 unspecified atom stereocenters. The highest BCUT2D eigenvalue weighted by molar-refractivity contribution is 8.00. The van der Waals surface area contributed by atoms with E-state index in [4.69, 9.17) is 4.74 Å². The highest BCUT2D eigenvalue weighted by Crippen LogP contribution is 2.33. The number of carbonyl (C=O) groups excluding carboxylic acids is 1. The number of urea groups is 1. The molecule has 11 heteroatoms. The van der Waals surface area contributed by atoms with E-state index >= 15 is 0 Å². The Balaban J connectivity index is 1.88. The van der Waals surface area contributed by atoms with Crippen molar-refractivity contribution < 1.29 is 18.1 Å². The molecule has 34 heavy (non-hydrogen) atoms. The van der Waals surface area contributed by atoms with Crippen LogP contribution in [0.1, 0.15) is 19.4 Å². The Labute approximate surface area is 198 Å². The summed E-state index contributed by atoms with van der Waals surface area (Å²) in [4.78, 5) is 20.3. The summed E-state index contributed by atoms with van der Waals surface area (Å²) in [5.74, 6) is 3.94. The van der Waals surface area contributed by atoms with E-state index in [1.165, 1.54) is 24.7 Å². The van der Waals surface area contributed by atoms with Crippen LogP contribution in [-0.2, 0) is 9.71 Å². The number of rotatable bonds is 9. The van der Waals surface area contributed by atoms with E-state index in [2.05, 4.69) is 36.5 Å². The van der Waals surface area contributed by atoms with E-state index in [1.54, 1.807) is 19.1 Å². The summed E-state index contributed by atoms with van der Waals surface area (Å²) in [6, 6.07) is 7.45. The number of anilines is 3. The number of fused-ring (bicyclic) bond motifs is 1. The molecule has 3 aromatic rings. The van der Waals surface area contributed by atoms with Crippen molar-refractivity contribution in [3.63, 3.8) is 0 Å². The standard InChI is InChI=1S/C23H29FN6O3S/c1-6-25-23(31)26-12-15(3)33-20-10-16(24)7-8-18(20)29-22-21-14(2)9-17(30-34(4,5)32)11-19(21)27-13-28-22/h7-11,13,15H,4,6,12H2,1-3,5H3,(H,30,32)(H2,25,26,31)(H,27,28,29). The second-order valence-electron chi connectivity index (χ2n) is 7.95. The molecule has 0 saturated carbocycles. The number of amides is 2. The lowest BCUT2D eigenvalue weighted by atomic mass is 10.1. The van der Waals surface area contributed by atoms with Crippen LogP contribution in [-0.4, -0.2) is 51.5 Å². The Kier molecular flexibility index (Phi) is 7.77. The summed E-state index contributed by atoms with van der Waals surface area (Å²) in [6.07, 6.45) is 2.50. The fraction of sp³-hybridized carbons (Fsp3) is 0.304. The van der Waals surface area contributed by atoms with Crippen LogP contribution in [0, 0.1) is 12.7 Å². The molecule has 2 aromatic carbocycles. The smallest absolute Gasteiger partial charge is 0.314 e. The molecule has 0 spiro atoms. The van der Waals surface area contributed by atoms with Gasteiger partial charge in [-0.2, -0.15) is 0 Å². The summed E-state index contributed by atoms with van der Waals surface area (Å²) >= 11 is 0. The van der Waals surface area contributed by atoms with E-state index in [1.807, 2.05) is 19.9 Å². The van der Waals surface area contributed by atoms with Gasteiger partial charge in [-0.05, 0) is 56.5 Å². The molecule has 182 valence electrons. The largest absolute Gasteiger partial charge is 0.487 e. The molecule has 1 aromatic heterocycles. The summed E-state index contributed by atoms with van der Waals surface area (Å²) in [5.41, 5.74) is 2.61. The molecule has 0 radical (unpaired) electrons. The third kappa shape index (κ3) is 6.70. The van der Waals surface area contributed by atoms with Gasteiger partial charge in [0.25, 0.3) is 0 Å². The number of benzene rings is 2. The van der Waals surface area contributed by atoms with Crippen LogP contribution in [0.15, 0.2) is 36.7 Å². The van der Waals surface area contributed by atoms with Crippen LogP contribution in [0.4, 0.5) is 26.4 Å². The van der Waals surface area contributed by atoms with Crippen molar-refractivity contribution >= 4 is 49.7 Å². The first-order valence-electron chi connectivity index (χ1n) is 10.7. The van der Waals surface area contributed by atoms with Gasteiger partial charge in [-0.25, -0.2) is 23.4 Å². The highest BCUT2D eigenvalue weighted by Gasteiger charge is 2.15. The number of aromatic nitrogens is 2. The number of ether oxygens (including phenoxy) is 1. The molecule has 2 amide bonds. The first-order valence-corrected chi connectivity index (χ1v) is 12.8. The van der Waals surface area contributed by atoms with Crippen molar-refractivity contribution in [1.29, 1.82) is 0 Å². The summed E-state index contributed by atoms with van der Waals surface area (Å²) in [5, 5.41) is 9.30. The summed E-state index contributed by atoms with van der Waals surface area (Å²) < 4.78 is 34.8. The number of nitrogens with one attached hydrogen (secondary N) is 4. The molecular formula is C23H29FN6O3S. The van der Waals surface area contributed by atoms with Crippen LogP contribution in [0.2, 0.25) is 0 Å². The molecule has 0 aliphatic carbocycles. The van der Waals surface area contributed by atoms with Gasteiger partial charge in [0.15, 0.2) is 0 Å². The Hall–Kier alpha value is -3.60. The Morgan fingerprint density at radius 3 is 2.71 bits per heavy atom. The van der Waals surface area contributed by atoms with Crippen molar-refractivity contribution in [3.05, 3.63) is 48.0 Å². The minimum atomic E-state index is -2.45. The van der Waals surface area contributed by atoms with Gasteiger partial charge in [0.1, 0.15) is 29.8 Å². The molecule has 0 aliphatic heterocycles. The molecule has 9 nitrogen and oxygen atoms in total. The first kappa shape index (κ1) is 25.0. The fourth-order valence-electron chi connectivity index (χ4n) is 3.34. The highest BCUT2D eigenvalue weighted by atomic mass is 32.2. The zero-order chi connectivity index (χ0) is 24.9. The molecule has 1 heterocycles. The van der Waals surface area contributed by atoms with Crippen molar-refractivity contribution in [2.45, 2.75) is 26.9 Å². The maximum absolute atomic E-state index is 14.0. The average molecular weight is 489 g/mol. The van der Waals surface area contributed by atoms with Gasteiger partial charge in [0.2, 0.25) is 0 Å². The predicted octanol–water partition coefficient (Wildman–Crippen LogP) is 3.58. The zero-order valence-electron chi connectivity index (χ0n) is 19.6. The molecule has 0 aliphatic rings. The molecular weight excluding hydrogens is 459 g/mol. The van der Waals surface area contributed by atoms with E-state index in [0.717, 1.165) is 10.9 Å². The van der Waals surface area contributed by atoms with Gasteiger partial charge in [-0.15, -0.1) is 0 Å². The normalized spacial score (nSPS) is 13.6. The molecule has 0 saturated heterocycles. The van der Waals surface area contributed by atoms with Gasteiger partial charge in [-0.3, -0.25) is 0 Å². The molecule has 0 fully saturated rings. The molecule has 2 atom stereocenters. The summed E-state index contributed by atoms with van der Waals surface area (Å²) in [7, 11) is -2.45. The number of hydrogen-bond donors (Lipinski definition) is 4. The van der Waals surface area contributed by atoms with Crippen LogP contribution < -0.4 is 25.4 Å². The van der Waals surface area contributed by atoms with Crippen molar-refractivity contribution in [3.8, 4) is 5.75 Å². The van der Waals surface area contributed by atoms with Gasteiger partial charge in [0, 0.05) is 39.6 Å². The molecule has 4 N–H and O–H groups in total. The fourth-order valence-corrected chi connectivity index (χ4v) is 3.95. The second kappa shape index (κ2) is 10.6. The first-order chi connectivity index (χ1) is 16.1. The van der Waals surface area contributed by atoms with E-state index in [0.29, 0.717) is 29.3 Å². The van der Waals surface area contributed by atoms with E-state index in [9.17, 15) is 13.4 Å². The van der Waals surface area contributed by atoms with Crippen molar-refractivity contribution in [1.82, 2.24) is 20.6 Å². The van der Waals surface area contributed by atoms with E-state index < -0.39 is 21.6 Å². The number of aryl methyl sites for hydroxylation is 1. The maximum Gasteiger partial charge on any atom is 0.314 e. The van der Waals surface area contributed by atoms with Crippen molar-refractivity contribution in [2.24, 2.45) is 0 Å². The minimum Gasteiger partial charge on any atom is -0.487 e. The van der Waals surface area contributed by atoms with Crippen molar-refractivity contribution in [2.75, 3.05) is 29.4 Å². The number of nitrogens with zero attached hydrogens (tertiary/aromatic N) is 2.